The predicted octanol–water partition coefficient (Wildman–Crippen LogP) is 5.02. The third kappa shape index (κ3) is 3.61. The number of rotatable bonds is 4. The topological polar surface area (TPSA) is 72.7 Å². The van der Waals surface area contributed by atoms with E-state index in [1.54, 1.807) is 17.1 Å². The molecule has 1 amide bonds. The first-order chi connectivity index (χ1) is 13.5. The van der Waals surface area contributed by atoms with Crippen molar-refractivity contribution in [2.45, 2.75) is 13.8 Å². The first-order valence-corrected chi connectivity index (χ1v) is 10.2. The highest BCUT2D eigenvalue weighted by Crippen LogP contribution is 2.26. The monoisotopic (exact) mass is 453 g/mol. The minimum absolute atomic E-state index is 0.217. The summed E-state index contributed by atoms with van der Waals surface area (Å²) in [7, 11) is 0. The molecular weight excluding hydrogens is 438 g/mol. The zero-order valence-electron chi connectivity index (χ0n) is 15.2. The Morgan fingerprint density at radius 1 is 1.18 bits per heavy atom. The van der Waals surface area contributed by atoms with Crippen LogP contribution in [0.25, 0.3) is 16.9 Å². The Morgan fingerprint density at radius 2 is 1.96 bits per heavy atom. The van der Waals surface area contributed by atoms with E-state index in [2.05, 4.69) is 36.3 Å². The molecule has 0 atom stereocenters. The number of halogens is 1. The number of carbonyl (C=O) groups excluding carboxylic acids is 1. The smallest absolute Gasteiger partial charge is 0.261 e. The van der Waals surface area contributed by atoms with Gasteiger partial charge in [0.05, 0.1) is 28.3 Å². The van der Waals surface area contributed by atoms with E-state index in [4.69, 9.17) is 0 Å². The van der Waals surface area contributed by atoms with E-state index in [0.29, 0.717) is 16.4 Å². The number of carbonyl (C=O) groups is 1. The summed E-state index contributed by atoms with van der Waals surface area (Å²) in [4.78, 5) is 21.5. The number of pyridine rings is 1. The fourth-order valence-corrected chi connectivity index (χ4v) is 3.92. The molecule has 3 heterocycles. The van der Waals surface area contributed by atoms with Crippen molar-refractivity contribution in [3.63, 3.8) is 0 Å². The van der Waals surface area contributed by atoms with Crippen LogP contribution in [0.15, 0.2) is 58.6 Å². The van der Waals surface area contributed by atoms with Crippen LogP contribution in [0.1, 0.15) is 21.7 Å². The number of thiazole rings is 1. The highest BCUT2D eigenvalue weighted by molar-refractivity contribution is 9.10. The normalized spacial score (nSPS) is 10.8. The highest BCUT2D eigenvalue weighted by atomic mass is 79.9. The van der Waals surface area contributed by atoms with Crippen LogP contribution < -0.4 is 5.32 Å². The molecule has 3 aromatic heterocycles. The van der Waals surface area contributed by atoms with E-state index >= 15 is 0 Å². The van der Waals surface area contributed by atoms with Crippen molar-refractivity contribution in [1.82, 2.24) is 19.7 Å². The second kappa shape index (κ2) is 7.65. The van der Waals surface area contributed by atoms with Gasteiger partial charge in [0.1, 0.15) is 0 Å². The lowest BCUT2D eigenvalue weighted by Crippen LogP contribution is -2.14. The van der Waals surface area contributed by atoms with Gasteiger partial charge in [0, 0.05) is 27.8 Å². The lowest BCUT2D eigenvalue weighted by Gasteiger charge is -2.05. The van der Waals surface area contributed by atoms with Crippen molar-refractivity contribution in [2.75, 3.05) is 5.32 Å². The number of anilines is 1. The van der Waals surface area contributed by atoms with Gasteiger partial charge in [0.2, 0.25) is 0 Å². The van der Waals surface area contributed by atoms with E-state index in [-0.39, 0.29) is 5.91 Å². The molecular formula is C20H16BrN5OS. The number of nitrogens with zero attached hydrogens (tertiary/aromatic N) is 4. The molecule has 0 radical (unpaired) electrons. The fraction of sp³-hybridized carbons (Fsp3) is 0.100. The van der Waals surface area contributed by atoms with Crippen LogP contribution in [-0.4, -0.2) is 25.7 Å². The molecule has 0 aliphatic rings. The maximum Gasteiger partial charge on any atom is 0.261 e. The standard InChI is InChI=1S/C20H16BrN5OS/c1-12-18(13(2)26(25-12)16-7-5-15(21)6-8-16)19(27)24-20-23-17(11-28-20)14-4-3-9-22-10-14/h3-11H,1-2H3,(H,23,24,27). The number of hydrogen-bond acceptors (Lipinski definition) is 5. The number of amides is 1. The maximum absolute atomic E-state index is 12.9. The summed E-state index contributed by atoms with van der Waals surface area (Å²) in [5, 5.41) is 9.87. The van der Waals surface area contributed by atoms with E-state index < -0.39 is 0 Å². The molecule has 0 aliphatic heterocycles. The molecule has 4 aromatic rings. The number of nitrogens with one attached hydrogen (secondary N) is 1. The molecule has 0 bridgehead atoms. The maximum atomic E-state index is 12.9. The third-order valence-electron chi connectivity index (χ3n) is 4.27. The van der Waals surface area contributed by atoms with E-state index in [1.165, 1.54) is 11.3 Å². The minimum atomic E-state index is -0.217. The van der Waals surface area contributed by atoms with Crippen LogP contribution in [0, 0.1) is 13.8 Å². The Kier molecular flexibility index (Phi) is 5.06. The van der Waals surface area contributed by atoms with Crippen molar-refractivity contribution in [2.24, 2.45) is 0 Å². The van der Waals surface area contributed by atoms with Crippen LogP contribution >= 0.6 is 27.3 Å². The third-order valence-corrected chi connectivity index (χ3v) is 5.56. The molecule has 28 heavy (non-hydrogen) atoms. The Balaban J connectivity index is 1.59. The number of hydrogen-bond donors (Lipinski definition) is 1. The van der Waals surface area contributed by atoms with Gasteiger partial charge in [-0.3, -0.25) is 15.1 Å². The molecule has 0 fully saturated rings. The van der Waals surface area contributed by atoms with Crippen molar-refractivity contribution in [3.05, 3.63) is 75.6 Å². The quantitative estimate of drug-likeness (QED) is 0.470. The average molecular weight is 454 g/mol. The Morgan fingerprint density at radius 3 is 2.68 bits per heavy atom. The molecule has 0 saturated heterocycles. The summed E-state index contributed by atoms with van der Waals surface area (Å²) in [5.74, 6) is -0.217. The van der Waals surface area contributed by atoms with Crippen molar-refractivity contribution < 1.29 is 4.79 Å². The zero-order valence-corrected chi connectivity index (χ0v) is 17.6. The van der Waals surface area contributed by atoms with E-state index in [1.807, 2.05) is 55.6 Å². The van der Waals surface area contributed by atoms with E-state index in [9.17, 15) is 4.79 Å². The zero-order chi connectivity index (χ0) is 19.7. The summed E-state index contributed by atoms with van der Waals surface area (Å²) in [6.45, 7) is 3.72. The van der Waals surface area contributed by atoms with Gasteiger partial charge >= 0.3 is 0 Å². The van der Waals surface area contributed by atoms with Crippen LogP contribution in [0.4, 0.5) is 5.13 Å². The first-order valence-electron chi connectivity index (χ1n) is 8.52. The molecule has 0 unspecified atom stereocenters. The minimum Gasteiger partial charge on any atom is -0.298 e. The van der Waals surface area contributed by atoms with Gasteiger partial charge in [-0.05, 0) is 50.2 Å². The highest BCUT2D eigenvalue weighted by Gasteiger charge is 2.20. The SMILES string of the molecule is Cc1nn(-c2ccc(Br)cc2)c(C)c1C(=O)Nc1nc(-c2cccnc2)cs1. The summed E-state index contributed by atoms with van der Waals surface area (Å²) < 4.78 is 2.77. The Labute approximate surface area is 174 Å². The van der Waals surface area contributed by atoms with Gasteiger partial charge in [-0.1, -0.05) is 15.9 Å². The number of aryl methyl sites for hydroxylation is 1. The lowest BCUT2D eigenvalue weighted by molar-refractivity contribution is 0.102. The van der Waals surface area contributed by atoms with Crippen molar-refractivity contribution >= 4 is 38.3 Å². The van der Waals surface area contributed by atoms with E-state index in [0.717, 1.165) is 27.1 Å². The Hall–Kier alpha value is -2.84. The molecule has 0 aliphatic carbocycles. The molecule has 0 spiro atoms. The fourth-order valence-electron chi connectivity index (χ4n) is 2.94. The van der Waals surface area contributed by atoms with Gasteiger partial charge in [0.25, 0.3) is 5.91 Å². The second-order valence-electron chi connectivity index (χ2n) is 6.17. The predicted molar refractivity (Wildman–Crippen MR) is 114 cm³/mol. The molecule has 1 N–H and O–H groups in total. The number of benzene rings is 1. The molecule has 6 nitrogen and oxygen atoms in total. The Bertz CT molecular complexity index is 1140. The second-order valence-corrected chi connectivity index (χ2v) is 7.94. The van der Waals surface area contributed by atoms with Gasteiger partial charge in [-0.2, -0.15) is 5.10 Å². The molecule has 140 valence electrons. The molecule has 4 rings (SSSR count). The first kappa shape index (κ1) is 18.5. The van der Waals surface area contributed by atoms with Crippen LogP contribution in [0.3, 0.4) is 0 Å². The van der Waals surface area contributed by atoms with Gasteiger partial charge in [-0.15, -0.1) is 11.3 Å². The van der Waals surface area contributed by atoms with Crippen LogP contribution in [0.2, 0.25) is 0 Å². The largest absolute Gasteiger partial charge is 0.298 e. The molecule has 0 saturated carbocycles. The van der Waals surface area contributed by atoms with Crippen molar-refractivity contribution in [3.8, 4) is 16.9 Å². The summed E-state index contributed by atoms with van der Waals surface area (Å²) in [6, 6.07) is 11.6. The van der Waals surface area contributed by atoms with Crippen LogP contribution in [-0.2, 0) is 0 Å². The summed E-state index contributed by atoms with van der Waals surface area (Å²) in [5.41, 5.74) is 4.60. The summed E-state index contributed by atoms with van der Waals surface area (Å²) in [6.07, 6.45) is 3.46. The van der Waals surface area contributed by atoms with Crippen molar-refractivity contribution in [1.29, 1.82) is 0 Å². The molecule has 8 heteroatoms. The lowest BCUT2D eigenvalue weighted by atomic mass is 10.2. The average Bonchev–Trinajstić information content (AvgIpc) is 3.27. The summed E-state index contributed by atoms with van der Waals surface area (Å²) >= 11 is 4.81. The van der Waals surface area contributed by atoms with Gasteiger partial charge in [-0.25, -0.2) is 9.67 Å². The van der Waals surface area contributed by atoms with Gasteiger partial charge in [0.15, 0.2) is 5.13 Å². The molecule has 1 aromatic carbocycles. The van der Waals surface area contributed by atoms with Crippen LogP contribution in [0.5, 0.6) is 0 Å². The number of aromatic nitrogens is 4. The van der Waals surface area contributed by atoms with Gasteiger partial charge < -0.3 is 0 Å².